The number of hydrogen-bond acceptors (Lipinski definition) is 3. The number of benzene rings is 1. The van der Waals surface area contributed by atoms with Crippen molar-refractivity contribution in [3.05, 3.63) is 24.3 Å². The maximum Gasteiger partial charge on any atom is 0.573 e. The standard InChI is InChI=1S/C12H12F6N2O3.CH4/c1-19-10(22)20(6-9(21)11(13,14)15)7-3-2-4-8(5-7)23-12(16,17)18;/h2-5,9,21H,6H2,1H3,(H,19,22);1H4. The van der Waals surface area contributed by atoms with Crippen LogP contribution in [0.5, 0.6) is 5.75 Å². The van der Waals surface area contributed by atoms with E-state index in [1.54, 1.807) is 0 Å². The number of hydrogen-bond donors (Lipinski definition) is 2. The van der Waals surface area contributed by atoms with Crippen molar-refractivity contribution in [1.82, 2.24) is 5.32 Å². The van der Waals surface area contributed by atoms with E-state index in [4.69, 9.17) is 5.11 Å². The highest BCUT2D eigenvalue weighted by Gasteiger charge is 2.40. The first-order chi connectivity index (χ1) is 10.4. The fourth-order valence-corrected chi connectivity index (χ4v) is 1.57. The molecule has 1 unspecified atom stereocenters. The van der Waals surface area contributed by atoms with Crippen LogP contribution in [0.4, 0.5) is 36.8 Å². The van der Waals surface area contributed by atoms with Crippen molar-refractivity contribution in [2.45, 2.75) is 26.1 Å². The number of nitrogens with zero attached hydrogens (tertiary/aromatic N) is 1. The first-order valence-electron chi connectivity index (χ1n) is 6.04. The topological polar surface area (TPSA) is 61.8 Å². The zero-order valence-corrected chi connectivity index (χ0v) is 11.6. The van der Waals surface area contributed by atoms with Crippen molar-refractivity contribution in [2.24, 2.45) is 0 Å². The van der Waals surface area contributed by atoms with E-state index >= 15 is 0 Å². The lowest BCUT2D eigenvalue weighted by molar-refractivity contribution is -0.274. The summed E-state index contributed by atoms with van der Waals surface area (Å²) in [7, 11) is 1.12. The molecule has 0 saturated carbocycles. The quantitative estimate of drug-likeness (QED) is 0.808. The fourth-order valence-electron chi connectivity index (χ4n) is 1.57. The SMILES string of the molecule is C.CNC(=O)N(CC(O)C(F)(F)F)c1cccc(OC(F)(F)F)c1. The molecule has 1 atom stereocenters. The lowest BCUT2D eigenvalue weighted by Gasteiger charge is -2.26. The Kier molecular flexibility index (Phi) is 7.35. The van der Waals surface area contributed by atoms with Crippen LogP contribution in [0.3, 0.4) is 0 Å². The molecule has 5 nitrogen and oxygen atoms in total. The molecule has 138 valence electrons. The first-order valence-corrected chi connectivity index (χ1v) is 6.04. The minimum absolute atomic E-state index is 0. The van der Waals surface area contributed by atoms with E-state index in [9.17, 15) is 31.1 Å². The first kappa shape index (κ1) is 21.8. The van der Waals surface area contributed by atoms with Gasteiger partial charge >= 0.3 is 18.6 Å². The zero-order chi connectivity index (χ0) is 17.8. The predicted molar refractivity (Wildman–Crippen MR) is 73.7 cm³/mol. The fraction of sp³-hybridized carbons (Fsp3) is 0.462. The van der Waals surface area contributed by atoms with Gasteiger partial charge in [-0.05, 0) is 12.1 Å². The zero-order valence-electron chi connectivity index (χ0n) is 11.6. The van der Waals surface area contributed by atoms with Gasteiger partial charge in [0.1, 0.15) is 5.75 Å². The molecule has 11 heteroatoms. The molecule has 0 aliphatic heterocycles. The lowest BCUT2D eigenvalue weighted by Crippen LogP contribution is -2.47. The van der Waals surface area contributed by atoms with Gasteiger partial charge in [0.2, 0.25) is 0 Å². The molecule has 24 heavy (non-hydrogen) atoms. The summed E-state index contributed by atoms with van der Waals surface area (Å²) in [5, 5.41) is 11.1. The minimum atomic E-state index is -5.00. The van der Waals surface area contributed by atoms with Gasteiger partial charge in [-0.3, -0.25) is 4.90 Å². The number of urea groups is 1. The molecule has 0 aromatic heterocycles. The summed E-state index contributed by atoms with van der Waals surface area (Å²) in [6, 6.07) is 2.76. The number of anilines is 1. The molecule has 0 spiro atoms. The molecule has 2 amide bonds. The number of ether oxygens (including phenoxy) is 1. The number of aliphatic hydroxyl groups excluding tert-OH is 1. The molecule has 0 bridgehead atoms. The number of rotatable bonds is 4. The molecular weight excluding hydrogens is 346 g/mol. The maximum absolute atomic E-state index is 12.4. The van der Waals surface area contributed by atoms with E-state index < -0.39 is 37.0 Å². The molecule has 2 N–H and O–H groups in total. The average molecular weight is 362 g/mol. The molecule has 0 radical (unpaired) electrons. The van der Waals surface area contributed by atoms with Crippen LogP contribution in [0.15, 0.2) is 24.3 Å². The highest BCUT2D eigenvalue weighted by Crippen LogP contribution is 2.28. The van der Waals surface area contributed by atoms with Gasteiger partial charge in [-0.25, -0.2) is 4.79 Å². The van der Waals surface area contributed by atoms with Crippen LogP contribution in [-0.2, 0) is 0 Å². The van der Waals surface area contributed by atoms with Crippen molar-refractivity contribution in [3.8, 4) is 5.75 Å². The number of aliphatic hydroxyl groups is 1. The second-order valence-electron chi connectivity index (χ2n) is 4.27. The van der Waals surface area contributed by atoms with E-state index in [2.05, 4.69) is 4.74 Å². The lowest BCUT2D eigenvalue weighted by atomic mass is 10.2. The van der Waals surface area contributed by atoms with Crippen LogP contribution in [0.1, 0.15) is 7.43 Å². The third kappa shape index (κ3) is 6.52. The van der Waals surface area contributed by atoms with Crippen molar-refractivity contribution in [2.75, 3.05) is 18.5 Å². The molecule has 0 saturated heterocycles. The van der Waals surface area contributed by atoms with Crippen LogP contribution in [-0.4, -0.2) is 43.4 Å². The van der Waals surface area contributed by atoms with Crippen molar-refractivity contribution < 1.29 is 41.0 Å². The summed E-state index contributed by atoms with van der Waals surface area (Å²) < 4.78 is 77.4. The van der Waals surface area contributed by atoms with Gasteiger partial charge < -0.3 is 15.2 Å². The molecular formula is C13H16F6N2O3. The van der Waals surface area contributed by atoms with Gasteiger partial charge in [-0.2, -0.15) is 13.2 Å². The van der Waals surface area contributed by atoms with Crippen LogP contribution in [0, 0.1) is 0 Å². The predicted octanol–water partition coefficient (Wildman–Crippen LogP) is 3.29. The van der Waals surface area contributed by atoms with E-state index in [0.717, 1.165) is 31.3 Å². The largest absolute Gasteiger partial charge is 0.573 e. The number of amides is 2. The Bertz CT molecular complexity index is 547. The molecule has 0 fully saturated rings. The normalized spacial score (nSPS) is 12.8. The molecule has 1 aromatic carbocycles. The smallest absolute Gasteiger partial charge is 0.406 e. The number of nitrogens with one attached hydrogen (secondary N) is 1. The summed E-state index contributed by atoms with van der Waals surface area (Å²) in [5.74, 6) is -0.717. The summed E-state index contributed by atoms with van der Waals surface area (Å²) in [6.07, 6.45) is -12.9. The molecule has 1 aromatic rings. The van der Waals surface area contributed by atoms with E-state index in [-0.39, 0.29) is 13.1 Å². The van der Waals surface area contributed by atoms with E-state index in [0.29, 0.717) is 4.90 Å². The summed E-state index contributed by atoms with van der Waals surface area (Å²) in [5.41, 5.74) is -0.311. The van der Waals surface area contributed by atoms with Crippen molar-refractivity contribution in [1.29, 1.82) is 0 Å². The van der Waals surface area contributed by atoms with Gasteiger partial charge in [0, 0.05) is 18.8 Å². The highest BCUT2D eigenvalue weighted by molar-refractivity contribution is 5.92. The molecule has 0 aliphatic carbocycles. The number of carbonyl (C=O) groups excluding carboxylic acids is 1. The third-order valence-corrected chi connectivity index (χ3v) is 2.56. The Labute approximate surface area is 133 Å². The van der Waals surface area contributed by atoms with Gasteiger partial charge in [0.05, 0.1) is 6.54 Å². The van der Waals surface area contributed by atoms with Crippen LogP contribution in [0.2, 0.25) is 0 Å². The summed E-state index contributed by atoms with van der Waals surface area (Å²) >= 11 is 0. The minimum Gasteiger partial charge on any atom is -0.406 e. The summed E-state index contributed by atoms with van der Waals surface area (Å²) in [4.78, 5) is 12.1. The van der Waals surface area contributed by atoms with Gasteiger partial charge in [-0.15, -0.1) is 13.2 Å². The van der Waals surface area contributed by atoms with Crippen LogP contribution in [0.25, 0.3) is 0 Å². The Hall–Kier alpha value is -2.17. The van der Waals surface area contributed by atoms with Gasteiger partial charge in [0.15, 0.2) is 6.10 Å². The van der Waals surface area contributed by atoms with Gasteiger partial charge in [-0.1, -0.05) is 13.5 Å². The van der Waals surface area contributed by atoms with Crippen molar-refractivity contribution >= 4 is 11.7 Å². The van der Waals surface area contributed by atoms with Crippen LogP contribution >= 0.6 is 0 Å². The Morgan fingerprint density at radius 3 is 2.33 bits per heavy atom. The maximum atomic E-state index is 12.4. The van der Waals surface area contributed by atoms with Crippen molar-refractivity contribution in [3.63, 3.8) is 0 Å². The Morgan fingerprint density at radius 1 is 1.29 bits per heavy atom. The molecule has 1 rings (SSSR count). The second kappa shape index (κ2) is 8.08. The summed E-state index contributed by atoms with van der Waals surface area (Å²) in [6.45, 7) is -1.20. The number of alkyl halides is 6. The van der Waals surface area contributed by atoms with E-state index in [1.165, 1.54) is 0 Å². The second-order valence-corrected chi connectivity index (χ2v) is 4.27. The van der Waals surface area contributed by atoms with Crippen LogP contribution < -0.4 is 15.0 Å². The Morgan fingerprint density at radius 2 is 1.88 bits per heavy atom. The molecule has 0 heterocycles. The molecule has 0 aliphatic rings. The van der Waals surface area contributed by atoms with Gasteiger partial charge in [0.25, 0.3) is 0 Å². The van der Waals surface area contributed by atoms with E-state index in [1.807, 2.05) is 5.32 Å². The highest BCUT2D eigenvalue weighted by atomic mass is 19.4. The average Bonchev–Trinajstić information content (AvgIpc) is 2.41. The third-order valence-electron chi connectivity index (χ3n) is 2.56. The Balaban J connectivity index is 0.00000529. The monoisotopic (exact) mass is 362 g/mol. The number of carbonyl (C=O) groups is 1. The number of halogens is 6.